The van der Waals surface area contributed by atoms with Gasteiger partial charge in [-0.05, 0) is 140 Å². The predicted molar refractivity (Wildman–Crippen MR) is 233 cm³/mol. The van der Waals surface area contributed by atoms with Gasteiger partial charge in [0.15, 0.2) is 0 Å². The molecule has 0 fully saturated rings. The van der Waals surface area contributed by atoms with Crippen molar-refractivity contribution in [3.63, 3.8) is 0 Å². The molecule has 0 amide bonds. The van der Waals surface area contributed by atoms with Crippen LogP contribution in [0.4, 0.5) is 0 Å². The lowest BCUT2D eigenvalue weighted by molar-refractivity contribution is 0.769. The summed E-state index contributed by atoms with van der Waals surface area (Å²) in [4.78, 5) is 0. The van der Waals surface area contributed by atoms with Crippen molar-refractivity contribution >= 4 is 53.9 Å². The summed E-state index contributed by atoms with van der Waals surface area (Å²) in [6, 6.07) is 77.4. The van der Waals surface area contributed by atoms with Crippen LogP contribution in [0.3, 0.4) is 0 Å². The highest BCUT2D eigenvalue weighted by molar-refractivity contribution is 6.24. The van der Waals surface area contributed by atoms with Gasteiger partial charge >= 0.3 is 0 Å². The van der Waals surface area contributed by atoms with Crippen molar-refractivity contribution in [2.45, 2.75) is 5.41 Å². The summed E-state index contributed by atoms with van der Waals surface area (Å²) in [5, 5.41) is 12.9. The smallest absolute Gasteiger partial charge is 0.0622 e. The highest BCUT2D eigenvalue weighted by Crippen LogP contribution is 2.60. The zero-order valence-corrected chi connectivity index (χ0v) is 30.1. The summed E-state index contributed by atoms with van der Waals surface area (Å²) in [7, 11) is 0. The normalized spacial score (nSPS) is 13.2. The molecule has 0 aromatic heterocycles. The van der Waals surface area contributed by atoms with Gasteiger partial charge in [-0.15, -0.1) is 0 Å². The standard InChI is InChI=1S/C55H34/c1-3-16-45(17-4-1)55(46-18-5-2-6-19-46)49-21-10-9-20-48(49)54-50(55)34-44-31-39(28-29-47(44)53(54)42-25-22-35-12-7-8-13-38(35)30-42)43-32-40-26-23-36-14-11-15-37-24-27-41(33-43)52(40)51(36)37/h1-34H. The lowest BCUT2D eigenvalue weighted by Gasteiger charge is -2.34. The Hall–Kier alpha value is -7.02. The van der Waals surface area contributed by atoms with Crippen LogP contribution in [-0.4, -0.2) is 0 Å². The van der Waals surface area contributed by atoms with Gasteiger partial charge in [0, 0.05) is 0 Å². The van der Waals surface area contributed by atoms with E-state index in [2.05, 4.69) is 206 Å². The van der Waals surface area contributed by atoms with E-state index in [9.17, 15) is 0 Å². The molecule has 0 heterocycles. The molecule has 0 atom stereocenters. The predicted octanol–water partition coefficient (Wildman–Crippen LogP) is 14.6. The Bertz CT molecular complexity index is 3190. The van der Waals surface area contributed by atoms with Gasteiger partial charge in [0.05, 0.1) is 5.41 Å². The molecule has 0 spiro atoms. The van der Waals surface area contributed by atoms with Crippen LogP contribution in [0, 0.1) is 0 Å². The average molecular weight is 695 g/mol. The van der Waals surface area contributed by atoms with Crippen molar-refractivity contribution in [2.24, 2.45) is 0 Å². The van der Waals surface area contributed by atoms with Crippen molar-refractivity contribution in [3.05, 3.63) is 229 Å². The lowest BCUT2D eigenvalue weighted by atomic mass is 9.67. The summed E-state index contributed by atoms with van der Waals surface area (Å²) >= 11 is 0. The van der Waals surface area contributed by atoms with Gasteiger partial charge in [0.2, 0.25) is 0 Å². The minimum Gasteiger partial charge on any atom is -0.0622 e. The first-order chi connectivity index (χ1) is 27.3. The van der Waals surface area contributed by atoms with E-state index in [-0.39, 0.29) is 0 Å². The van der Waals surface area contributed by atoms with Crippen molar-refractivity contribution in [3.8, 4) is 33.4 Å². The second-order valence-corrected chi connectivity index (χ2v) is 15.2. The Morgan fingerprint density at radius 3 is 1.53 bits per heavy atom. The Morgan fingerprint density at radius 1 is 0.273 bits per heavy atom. The number of benzene rings is 11. The third-order valence-corrected chi connectivity index (χ3v) is 12.4. The van der Waals surface area contributed by atoms with Crippen LogP contribution in [0.15, 0.2) is 206 Å². The van der Waals surface area contributed by atoms with Gasteiger partial charge in [0.25, 0.3) is 0 Å². The quantitative estimate of drug-likeness (QED) is 0.161. The molecule has 0 saturated heterocycles. The monoisotopic (exact) mass is 694 g/mol. The largest absolute Gasteiger partial charge is 0.0714 e. The van der Waals surface area contributed by atoms with Gasteiger partial charge in [-0.2, -0.15) is 0 Å². The summed E-state index contributed by atoms with van der Waals surface area (Å²) in [6.45, 7) is 0. The fraction of sp³-hybridized carbons (Fsp3) is 0.0182. The van der Waals surface area contributed by atoms with Gasteiger partial charge in [-0.3, -0.25) is 0 Å². The van der Waals surface area contributed by atoms with Crippen LogP contribution in [-0.2, 0) is 5.41 Å². The molecule has 0 saturated carbocycles. The topological polar surface area (TPSA) is 0 Å². The Balaban J connectivity index is 1.19. The highest BCUT2D eigenvalue weighted by atomic mass is 14.5. The Labute approximate surface area is 319 Å². The first kappa shape index (κ1) is 30.4. The molecule has 0 N–H and O–H groups in total. The fourth-order valence-corrected chi connectivity index (χ4v) is 10.1. The van der Waals surface area contributed by atoms with Crippen molar-refractivity contribution in [1.82, 2.24) is 0 Å². The highest BCUT2D eigenvalue weighted by Gasteiger charge is 2.47. The maximum absolute atomic E-state index is 2.52. The summed E-state index contributed by atoms with van der Waals surface area (Å²) in [6.07, 6.45) is 0. The number of hydrogen-bond donors (Lipinski definition) is 0. The summed E-state index contributed by atoms with van der Waals surface area (Å²) in [5.74, 6) is 0. The Kier molecular flexibility index (Phi) is 6.36. The fourth-order valence-electron chi connectivity index (χ4n) is 10.1. The van der Waals surface area contributed by atoms with E-state index >= 15 is 0 Å². The van der Waals surface area contributed by atoms with E-state index in [1.54, 1.807) is 0 Å². The van der Waals surface area contributed by atoms with Crippen LogP contribution in [0.2, 0.25) is 0 Å². The minimum atomic E-state index is -0.499. The van der Waals surface area contributed by atoms with Crippen LogP contribution < -0.4 is 0 Å². The van der Waals surface area contributed by atoms with Gasteiger partial charge in [-0.25, -0.2) is 0 Å². The molecule has 55 heavy (non-hydrogen) atoms. The molecule has 0 bridgehead atoms. The first-order valence-corrected chi connectivity index (χ1v) is 19.2. The number of rotatable bonds is 4. The SMILES string of the molecule is c1ccc(C2(c3ccccc3)c3ccccc3-c3c2cc2cc(-c4cc5ccc6cccc7ccc(c4)c5c67)ccc2c3-c2ccc3ccccc3c2)cc1. The van der Waals surface area contributed by atoms with Crippen LogP contribution >= 0.6 is 0 Å². The van der Waals surface area contributed by atoms with Crippen molar-refractivity contribution in [2.75, 3.05) is 0 Å². The molecule has 0 unspecified atom stereocenters. The third kappa shape index (κ3) is 4.28. The van der Waals surface area contributed by atoms with Crippen molar-refractivity contribution < 1.29 is 0 Å². The summed E-state index contributed by atoms with van der Waals surface area (Å²) in [5.41, 5.74) is 12.3. The average Bonchev–Trinajstić information content (AvgIpc) is 3.55. The zero-order valence-electron chi connectivity index (χ0n) is 30.1. The van der Waals surface area contributed by atoms with Gasteiger partial charge < -0.3 is 0 Å². The minimum absolute atomic E-state index is 0.499. The molecule has 11 aromatic carbocycles. The van der Waals surface area contributed by atoms with Crippen molar-refractivity contribution in [1.29, 1.82) is 0 Å². The zero-order chi connectivity index (χ0) is 36.1. The summed E-state index contributed by atoms with van der Waals surface area (Å²) < 4.78 is 0. The Morgan fingerprint density at radius 2 is 0.800 bits per heavy atom. The maximum atomic E-state index is 2.52. The van der Waals surface area contributed by atoms with E-state index in [1.165, 1.54) is 109 Å². The van der Waals surface area contributed by atoms with Crippen LogP contribution in [0.25, 0.3) is 87.2 Å². The molecule has 1 aliphatic carbocycles. The van der Waals surface area contributed by atoms with E-state index in [4.69, 9.17) is 0 Å². The van der Waals surface area contributed by atoms with E-state index in [0.29, 0.717) is 0 Å². The second-order valence-electron chi connectivity index (χ2n) is 15.2. The van der Waals surface area contributed by atoms with E-state index in [1.807, 2.05) is 0 Å². The molecule has 0 radical (unpaired) electrons. The molecule has 11 aromatic rings. The van der Waals surface area contributed by atoms with E-state index < -0.39 is 5.41 Å². The molecule has 254 valence electrons. The molecular formula is C55H34. The first-order valence-electron chi connectivity index (χ1n) is 19.2. The molecule has 0 heteroatoms. The molecule has 12 rings (SSSR count). The molecular weight excluding hydrogens is 661 g/mol. The van der Waals surface area contributed by atoms with Crippen LogP contribution in [0.5, 0.6) is 0 Å². The second kappa shape index (κ2) is 11.5. The van der Waals surface area contributed by atoms with Crippen LogP contribution in [0.1, 0.15) is 22.3 Å². The third-order valence-electron chi connectivity index (χ3n) is 12.4. The lowest BCUT2D eigenvalue weighted by Crippen LogP contribution is -2.28. The number of hydrogen-bond acceptors (Lipinski definition) is 0. The molecule has 0 aliphatic heterocycles. The van der Waals surface area contributed by atoms with E-state index in [0.717, 1.165) is 0 Å². The maximum Gasteiger partial charge on any atom is 0.0714 e. The molecule has 0 nitrogen and oxygen atoms in total. The van der Waals surface area contributed by atoms with Gasteiger partial charge in [0.1, 0.15) is 0 Å². The molecule has 1 aliphatic rings. The number of fused-ring (bicyclic) bond motifs is 5. The van der Waals surface area contributed by atoms with Gasteiger partial charge in [-0.1, -0.05) is 176 Å².